The third kappa shape index (κ3) is 12.9. The monoisotopic (exact) mass is 272 g/mol. The standard InChI is InChI=1S/C7H13NO.C5H9NO2.C2H6/c1-3-4-7-5-9-8-6(7)2;1-5(8)2-3-6-4-7;1-2/h7H,3-5H2,1-2H3;4H,2-3H2,1H3,(H,6,7);1-2H3. The highest BCUT2D eigenvalue weighted by atomic mass is 16.6. The van der Waals surface area contributed by atoms with Gasteiger partial charge in [-0.1, -0.05) is 32.3 Å². The Morgan fingerprint density at radius 3 is 2.53 bits per heavy atom. The number of carbonyl (C=O) groups is 2. The van der Waals surface area contributed by atoms with Gasteiger partial charge in [-0.2, -0.15) is 0 Å². The molecule has 1 aliphatic rings. The van der Waals surface area contributed by atoms with Crippen molar-refractivity contribution in [3.63, 3.8) is 0 Å². The average Bonchev–Trinajstić information content (AvgIpc) is 2.79. The van der Waals surface area contributed by atoms with Gasteiger partial charge in [0.25, 0.3) is 0 Å². The molecule has 1 N–H and O–H groups in total. The highest BCUT2D eigenvalue weighted by Gasteiger charge is 2.17. The van der Waals surface area contributed by atoms with E-state index in [1.165, 1.54) is 19.8 Å². The molecule has 5 heteroatoms. The number of hydrogen-bond donors (Lipinski definition) is 1. The maximum atomic E-state index is 10.2. The molecule has 0 bridgehead atoms. The van der Waals surface area contributed by atoms with Crippen LogP contribution in [0.25, 0.3) is 0 Å². The molecule has 1 atom stereocenters. The Kier molecular flexibility index (Phi) is 15.4. The van der Waals surface area contributed by atoms with E-state index >= 15 is 0 Å². The summed E-state index contributed by atoms with van der Waals surface area (Å²) < 4.78 is 0. The molecule has 0 aromatic rings. The van der Waals surface area contributed by atoms with Gasteiger partial charge < -0.3 is 10.2 Å². The number of amides is 1. The number of carbonyl (C=O) groups excluding carboxylic acids is 2. The van der Waals surface area contributed by atoms with E-state index in [-0.39, 0.29) is 5.78 Å². The van der Waals surface area contributed by atoms with Crippen molar-refractivity contribution in [3.05, 3.63) is 0 Å². The fraction of sp³-hybridized carbons (Fsp3) is 0.786. The van der Waals surface area contributed by atoms with Gasteiger partial charge in [0, 0.05) is 18.9 Å². The van der Waals surface area contributed by atoms with Crippen LogP contribution >= 0.6 is 0 Å². The second-order valence-electron chi connectivity index (χ2n) is 4.04. The van der Waals surface area contributed by atoms with Gasteiger partial charge in [-0.25, -0.2) is 0 Å². The smallest absolute Gasteiger partial charge is 0.207 e. The second kappa shape index (κ2) is 14.7. The topological polar surface area (TPSA) is 67.8 Å². The molecule has 5 nitrogen and oxygen atoms in total. The van der Waals surface area contributed by atoms with Crippen molar-refractivity contribution in [3.8, 4) is 0 Å². The number of rotatable bonds is 6. The molecule has 0 saturated carbocycles. The van der Waals surface area contributed by atoms with Gasteiger partial charge >= 0.3 is 0 Å². The van der Waals surface area contributed by atoms with E-state index in [0.717, 1.165) is 12.3 Å². The quantitative estimate of drug-likeness (QED) is 0.597. The van der Waals surface area contributed by atoms with Gasteiger partial charge in [0.15, 0.2) is 0 Å². The van der Waals surface area contributed by atoms with Crippen LogP contribution in [-0.4, -0.2) is 31.1 Å². The van der Waals surface area contributed by atoms with Crippen molar-refractivity contribution in [1.29, 1.82) is 0 Å². The number of hydrogen-bond acceptors (Lipinski definition) is 4. The predicted molar refractivity (Wildman–Crippen MR) is 78.2 cm³/mol. The van der Waals surface area contributed by atoms with E-state index in [9.17, 15) is 9.59 Å². The Hall–Kier alpha value is -1.39. The number of oxime groups is 1. The van der Waals surface area contributed by atoms with Gasteiger partial charge in [0.2, 0.25) is 6.41 Å². The molecule has 1 aliphatic heterocycles. The summed E-state index contributed by atoms with van der Waals surface area (Å²) in [6, 6.07) is 0. The fourth-order valence-electron chi connectivity index (χ4n) is 1.37. The summed E-state index contributed by atoms with van der Waals surface area (Å²) in [7, 11) is 0. The molecule has 1 unspecified atom stereocenters. The molecule has 1 rings (SSSR count). The first-order chi connectivity index (χ1) is 9.11. The minimum atomic E-state index is 0.0966. The van der Waals surface area contributed by atoms with Crippen LogP contribution in [0.3, 0.4) is 0 Å². The van der Waals surface area contributed by atoms with Gasteiger partial charge in [0.05, 0.1) is 5.71 Å². The molecule has 112 valence electrons. The largest absolute Gasteiger partial charge is 0.395 e. The normalized spacial score (nSPS) is 15.8. The predicted octanol–water partition coefficient (Wildman–Crippen LogP) is 2.55. The average molecular weight is 272 g/mol. The zero-order chi connectivity index (χ0) is 15.1. The van der Waals surface area contributed by atoms with E-state index in [4.69, 9.17) is 4.84 Å². The maximum Gasteiger partial charge on any atom is 0.207 e. The molecule has 19 heavy (non-hydrogen) atoms. The molecule has 0 fully saturated rings. The maximum absolute atomic E-state index is 10.2. The molecule has 0 saturated heterocycles. The Bertz CT molecular complexity index is 265. The van der Waals surface area contributed by atoms with Crippen molar-refractivity contribution in [1.82, 2.24) is 5.32 Å². The summed E-state index contributed by atoms with van der Waals surface area (Å²) in [6.07, 6.45) is 3.46. The van der Waals surface area contributed by atoms with E-state index in [1.54, 1.807) is 0 Å². The first-order valence-electron chi connectivity index (χ1n) is 6.94. The third-order valence-corrected chi connectivity index (χ3v) is 2.42. The van der Waals surface area contributed by atoms with Crippen molar-refractivity contribution in [2.45, 2.75) is 53.9 Å². The number of nitrogens with one attached hydrogen (secondary N) is 1. The molecule has 1 amide bonds. The Balaban J connectivity index is 0. The summed E-state index contributed by atoms with van der Waals surface area (Å²) in [6.45, 7) is 11.0. The van der Waals surface area contributed by atoms with Crippen LogP contribution < -0.4 is 5.32 Å². The lowest BCUT2D eigenvalue weighted by Crippen LogP contribution is -2.14. The van der Waals surface area contributed by atoms with E-state index in [2.05, 4.69) is 17.4 Å². The third-order valence-electron chi connectivity index (χ3n) is 2.42. The fourth-order valence-corrected chi connectivity index (χ4v) is 1.37. The number of Topliss-reactive ketones (excluding diaryl/α,β-unsaturated/α-hetero) is 1. The van der Waals surface area contributed by atoms with E-state index < -0.39 is 0 Å². The zero-order valence-corrected chi connectivity index (χ0v) is 12.9. The number of nitrogens with zero attached hydrogens (tertiary/aromatic N) is 1. The van der Waals surface area contributed by atoms with Crippen LogP contribution in [0.2, 0.25) is 0 Å². The first-order valence-corrected chi connectivity index (χ1v) is 6.94. The lowest BCUT2D eigenvalue weighted by atomic mass is 10.0. The SMILES string of the molecule is CC.CC(=O)CCNC=O.CCCC1CON=C1C. The molecular weight excluding hydrogens is 244 g/mol. The van der Waals surface area contributed by atoms with Crippen molar-refractivity contribution >= 4 is 17.9 Å². The summed E-state index contributed by atoms with van der Waals surface area (Å²) in [5.74, 6) is 0.703. The Labute approximate surface area is 116 Å². The zero-order valence-electron chi connectivity index (χ0n) is 12.9. The molecular formula is C14H28N2O3. The molecule has 0 aromatic carbocycles. The van der Waals surface area contributed by atoms with E-state index in [1.807, 2.05) is 20.8 Å². The van der Waals surface area contributed by atoms with Crippen molar-refractivity contribution in [2.24, 2.45) is 11.1 Å². The Morgan fingerprint density at radius 2 is 2.16 bits per heavy atom. The lowest BCUT2D eigenvalue weighted by Gasteiger charge is -2.02. The van der Waals surface area contributed by atoms with Crippen LogP contribution in [0, 0.1) is 5.92 Å². The Morgan fingerprint density at radius 1 is 1.53 bits per heavy atom. The first kappa shape index (κ1) is 19.9. The summed E-state index contributed by atoms with van der Waals surface area (Å²) in [5.41, 5.74) is 1.16. The molecule has 0 spiro atoms. The second-order valence-corrected chi connectivity index (χ2v) is 4.04. The van der Waals surface area contributed by atoms with Crippen LogP contribution in [0.15, 0.2) is 5.16 Å². The molecule has 1 heterocycles. The minimum absolute atomic E-state index is 0.0966. The highest BCUT2D eigenvalue weighted by molar-refractivity contribution is 5.84. The molecule has 0 aliphatic carbocycles. The summed E-state index contributed by atoms with van der Waals surface area (Å²) >= 11 is 0. The van der Waals surface area contributed by atoms with Crippen molar-refractivity contribution in [2.75, 3.05) is 13.2 Å². The van der Waals surface area contributed by atoms with Gasteiger partial charge in [-0.05, 0) is 20.3 Å². The molecule has 0 radical (unpaired) electrons. The highest BCUT2D eigenvalue weighted by Crippen LogP contribution is 2.14. The van der Waals surface area contributed by atoms with E-state index in [0.29, 0.717) is 25.3 Å². The van der Waals surface area contributed by atoms with Crippen LogP contribution in [0.5, 0.6) is 0 Å². The minimum Gasteiger partial charge on any atom is -0.395 e. The van der Waals surface area contributed by atoms with Crippen LogP contribution in [0.1, 0.15) is 53.9 Å². The van der Waals surface area contributed by atoms with Gasteiger partial charge in [0.1, 0.15) is 12.4 Å². The van der Waals surface area contributed by atoms with Crippen LogP contribution in [-0.2, 0) is 14.4 Å². The van der Waals surface area contributed by atoms with Crippen molar-refractivity contribution < 1.29 is 14.4 Å². The van der Waals surface area contributed by atoms with Crippen LogP contribution in [0.4, 0.5) is 0 Å². The summed E-state index contributed by atoms with van der Waals surface area (Å²) in [5, 5.41) is 6.23. The summed E-state index contributed by atoms with van der Waals surface area (Å²) in [4.78, 5) is 24.6. The lowest BCUT2D eigenvalue weighted by molar-refractivity contribution is -0.117. The van der Waals surface area contributed by atoms with Gasteiger partial charge in [-0.15, -0.1) is 0 Å². The molecule has 0 aromatic heterocycles. The number of ketones is 1. The van der Waals surface area contributed by atoms with Gasteiger partial charge in [-0.3, -0.25) is 9.59 Å².